The monoisotopic (exact) mass is 764 g/mol. The zero-order chi connectivity index (χ0) is 39.3. The van der Waals surface area contributed by atoms with Gasteiger partial charge in [-0.05, 0) is 70.5 Å². The highest BCUT2D eigenvalue weighted by Gasteiger charge is 2.94. The van der Waals surface area contributed by atoms with Crippen LogP contribution >= 0.6 is 0 Å². The second kappa shape index (κ2) is 13.1. The van der Waals surface area contributed by atoms with Crippen molar-refractivity contribution in [2.75, 3.05) is 11.5 Å². The summed E-state index contributed by atoms with van der Waals surface area (Å²) in [6.45, 7) is 0. The first-order chi connectivity index (χ1) is 23.6. The van der Waals surface area contributed by atoms with Crippen LogP contribution in [0.5, 0.6) is 0 Å². The highest BCUT2D eigenvalue weighted by atomic mass is 19.4. The van der Waals surface area contributed by atoms with Crippen molar-refractivity contribution in [2.24, 2.45) is 0 Å². The van der Waals surface area contributed by atoms with E-state index in [0.29, 0.717) is 35.4 Å². The Bertz CT molecular complexity index is 1740. The molecule has 0 aromatic heterocycles. The molecule has 4 aromatic carbocycles. The van der Waals surface area contributed by atoms with Crippen LogP contribution < -0.4 is 11.5 Å². The lowest BCUT2D eigenvalue weighted by Crippen LogP contribution is -2.75. The van der Waals surface area contributed by atoms with Gasteiger partial charge in [0.1, 0.15) is 0 Å². The molecular formula is C34H24F16N2. The van der Waals surface area contributed by atoms with E-state index in [1.165, 1.54) is 48.5 Å². The zero-order valence-corrected chi connectivity index (χ0v) is 25.9. The minimum absolute atomic E-state index is 0.0125. The lowest BCUT2D eigenvalue weighted by atomic mass is 9.62. The Hall–Kier alpha value is -4.64. The minimum Gasteiger partial charge on any atom is -0.399 e. The number of halogens is 16. The summed E-state index contributed by atoms with van der Waals surface area (Å²) in [6.07, 6.45) is -15.5. The summed E-state index contributed by atoms with van der Waals surface area (Å²) in [5.74, 6) is -39.7. The largest absolute Gasteiger partial charge is 0.460 e. The van der Waals surface area contributed by atoms with E-state index >= 15 is 26.3 Å². The first-order valence-electron chi connectivity index (χ1n) is 14.6. The summed E-state index contributed by atoms with van der Waals surface area (Å²) in [5, 5.41) is 0. The van der Waals surface area contributed by atoms with Crippen molar-refractivity contribution >= 4 is 11.4 Å². The molecule has 0 aliphatic heterocycles. The maximum atomic E-state index is 16.4. The van der Waals surface area contributed by atoms with E-state index in [4.69, 9.17) is 11.5 Å². The Labute approximate surface area is 284 Å². The average molecular weight is 765 g/mol. The van der Waals surface area contributed by atoms with Gasteiger partial charge in [0.05, 0.1) is 0 Å². The van der Waals surface area contributed by atoms with Gasteiger partial charge >= 0.3 is 42.0 Å². The predicted molar refractivity (Wildman–Crippen MR) is 158 cm³/mol. The summed E-state index contributed by atoms with van der Waals surface area (Å²) in [7, 11) is 0. The van der Waals surface area contributed by atoms with Crippen molar-refractivity contribution in [2.45, 2.75) is 60.2 Å². The Morgan fingerprint density at radius 1 is 0.308 bits per heavy atom. The maximum absolute atomic E-state index is 16.4. The molecule has 0 bridgehead atoms. The van der Waals surface area contributed by atoms with Gasteiger partial charge < -0.3 is 11.5 Å². The smallest absolute Gasteiger partial charge is 0.399 e. The lowest BCUT2D eigenvalue weighted by molar-refractivity contribution is -0.439. The van der Waals surface area contributed by atoms with Crippen LogP contribution in [0, 0.1) is 0 Å². The number of hydrogen-bond acceptors (Lipinski definition) is 2. The molecule has 2 nitrogen and oxygen atoms in total. The van der Waals surface area contributed by atoms with Crippen molar-refractivity contribution < 1.29 is 70.2 Å². The minimum atomic E-state index is -8.31. The molecule has 0 amide bonds. The fourth-order valence-corrected chi connectivity index (χ4v) is 5.60. The molecule has 0 atom stereocenters. The van der Waals surface area contributed by atoms with Crippen LogP contribution in [0.1, 0.15) is 33.4 Å². The van der Waals surface area contributed by atoms with Gasteiger partial charge in [-0.3, -0.25) is 0 Å². The molecule has 0 heterocycles. The van der Waals surface area contributed by atoms with Gasteiger partial charge in [-0.1, -0.05) is 72.8 Å². The number of rotatable bonds is 11. The highest BCUT2D eigenvalue weighted by molar-refractivity contribution is 5.51. The molecule has 282 valence electrons. The Kier molecular flexibility index (Phi) is 10.1. The summed E-state index contributed by atoms with van der Waals surface area (Å²) in [4.78, 5) is 0. The Balaban J connectivity index is 2.05. The molecule has 0 aliphatic rings. The van der Waals surface area contributed by atoms with Crippen molar-refractivity contribution in [1.29, 1.82) is 0 Å². The molecule has 0 spiro atoms. The molecule has 18 heteroatoms. The molecule has 0 saturated carbocycles. The quantitative estimate of drug-likeness (QED) is 0.118. The molecule has 0 aliphatic carbocycles. The normalized spacial score (nSPS) is 14.1. The van der Waals surface area contributed by atoms with Gasteiger partial charge in [-0.2, -0.15) is 70.2 Å². The average Bonchev–Trinajstić information content (AvgIpc) is 3.03. The Morgan fingerprint density at radius 2 is 0.558 bits per heavy atom. The highest BCUT2D eigenvalue weighted by Crippen LogP contribution is 2.68. The van der Waals surface area contributed by atoms with Gasteiger partial charge in [0, 0.05) is 11.4 Å². The van der Waals surface area contributed by atoms with Crippen LogP contribution in [-0.4, -0.2) is 42.0 Å². The Morgan fingerprint density at radius 3 is 0.827 bits per heavy atom. The van der Waals surface area contributed by atoms with Gasteiger partial charge in [0.15, 0.2) is 5.41 Å². The van der Waals surface area contributed by atoms with Gasteiger partial charge in [0.25, 0.3) is 0 Å². The second-order valence-corrected chi connectivity index (χ2v) is 11.8. The van der Waals surface area contributed by atoms with Crippen molar-refractivity contribution in [3.8, 4) is 0 Å². The van der Waals surface area contributed by atoms with E-state index in [-0.39, 0.29) is 59.6 Å². The molecule has 0 fully saturated rings. The molecule has 4 N–H and O–H groups in total. The van der Waals surface area contributed by atoms with Gasteiger partial charge in [-0.25, -0.2) is 0 Å². The van der Waals surface area contributed by atoms with E-state index < -0.39 is 58.5 Å². The van der Waals surface area contributed by atoms with Crippen LogP contribution in [0.4, 0.5) is 81.6 Å². The SMILES string of the molecule is Nc1ccc(Cc2ccc(C(c3ccc(Cc4ccc(N)cc4)cc3)(C(F)(F)C(F)(F)F)C(F)(F)C(F)(F)C(F)(F)C(F)(F)C(F)(F)F)cc2)cc1. The van der Waals surface area contributed by atoms with Crippen molar-refractivity contribution in [3.63, 3.8) is 0 Å². The second-order valence-electron chi connectivity index (χ2n) is 11.8. The van der Waals surface area contributed by atoms with Crippen LogP contribution in [0.15, 0.2) is 97.1 Å². The van der Waals surface area contributed by atoms with Gasteiger partial charge in [-0.15, -0.1) is 0 Å². The molecule has 0 unspecified atom stereocenters. The first-order valence-corrected chi connectivity index (χ1v) is 14.6. The van der Waals surface area contributed by atoms with E-state index in [2.05, 4.69) is 0 Å². The fraction of sp³-hybridized carbons (Fsp3) is 0.294. The van der Waals surface area contributed by atoms with Gasteiger partial charge in [0.2, 0.25) is 0 Å². The molecule has 4 rings (SSSR count). The van der Waals surface area contributed by atoms with E-state index in [9.17, 15) is 43.9 Å². The van der Waals surface area contributed by atoms with Crippen LogP contribution in [-0.2, 0) is 18.3 Å². The number of benzene rings is 4. The topological polar surface area (TPSA) is 52.0 Å². The molecule has 0 saturated heterocycles. The van der Waals surface area contributed by atoms with E-state index in [1.807, 2.05) is 0 Å². The summed E-state index contributed by atoms with van der Waals surface area (Å²) >= 11 is 0. The molecule has 0 radical (unpaired) electrons. The number of alkyl halides is 16. The standard InChI is InChI=1S/C34H24F16N2/c35-28(36,30(39,40)31(41,42)32(43,44)34(48,49)50)27(29(37,38)33(45,46)47,23-9-1-19(2-10-23)17-21-5-13-25(51)14-6-21)24-11-3-20(4-12-24)18-22-7-15-26(52)16-8-22/h1-16H,17-18,51-52H2. The number of hydrogen-bond donors (Lipinski definition) is 2. The van der Waals surface area contributed by atoms with E-state index in [0.717, 1.165) is 0 Å². The van der Waals surface area contributed by atoms with Crippen molar-refractivity contribution in [1.82, 2.24) is 0 Å². The van der Waals surface area contributed by atoms with Crippen LogP contribution in [0.3, 0.4) is 0 Å². The molecular weight excluding hydrogens is 740 g/mol. The summed E-state index contributed by atoms with van der Waals surface area (Å²) in [5.41, 5.74) is 1.83. The summed E-state index contributed by atoms with van der Waals surface area (Å²) in [6, 6.07) is 13.6. The fourth-order valence-electron chi connectivity index (χ4n) is 5.60. The third-order valence-corrected chi connectivity index (χ3v) is 8.39. The zero-order valence-electron chi connectivity index (χ0n) is 25.9. The van der Waals surface area contributed by atoms with Crippen LogP contribution in [0.2, 0.25) is 0 Å². The number of nitrogen functional groups attached to an aromatic ring is 2. The molecule has 4 aromatic rings. The van der Waals surface area contributed by atoms with Crippen molar-refractivity contribution in [3.05, 3.63) is 130 Å². The third-order valence-electron chi connectivity index (χ3n) is 8.39. The lowest BCUT2D eigenvalue weighted by Gasteiger charge is -2.50. The molecule has 52 heavy (non-hydrogen) atoms. The third kappa shape index (κ3) is 6.37. The number of anilines is 2. The van der Waals surface area contributed by atoms with E-state index in [1.54, 1.807) is 0 Å². The predicted octanol–water partition coefficient (Wildman–Crippen LogP) is 10.6. The number of nitrogens with two attached hydrogens (primary N) is 2. The summed E-state index contributed by atoms with van der Waals surface area (Å²) < 4.78 is 234. The maximum Gasteiger partial charge on any atom is 0.460 e. The van der Waals surface area contributed by atoms with Crippen LogP contribution in [0.25, 0.3) is 0 Å². The first kappa shape index (κ1) is 40.1.